The van der Waals surface area contributed by atoms with Gasteiger partial charge in [0.1, 0.15) is 6.61 Å². The maximum absolute atomic E-state index is 12.2. The van der Waals surface area contributed by atoms with E-state index in [1.165, 1.54) is 12.8 Å². The zero-order chi connectivity index (χ0) is 16.7. The zero-order valence-corrected chi connectivity index (χ0v) is 14.2. The number of rotatable bonds is 7. The van der Waals surface area contributed by atoms with Gasteiger partial charge >= 0.3 is 5.97 Å². The Bertz CT molecular complexity index is 544. The quantitative estimate of drug-likeness (QED) is 0.430. The van der Waals surface area contributed by atoms with Gasteiger partial charge in [0.15, 0.2) is 0 Å². The van der Waals surface area contributed by atoms with Gasteiger partial charge in [-0.1, -0.05) is 50.3 Å². The Morgan fingerprint density at radius 3 is 2.52 bits per heavy atom. The molecule has 1 saturated heterocycles. The number of hydrogen-bond acceptors (Lipinski definition) is 3. The summed E-state index contributed by atoms with van der Waals surface area (Å²) >= 11 is 0. The second-order valence-corrected chi connectivity index (χ2v) is 6.24. The Morgan fingerprint density at radius 1 is 1.26 bits per heavy atom. The highest BCUT2D eigenvalue weighted by Crippen LogP contribution is 2.27. The summed E-state index contributed by atoms with van der Waals surface area (Å²) in [6.07, 6.45) is 6.00. The number of nitrogens with zero attached hydrogens (tertiary/aromatic N) is 1. The minimum absolute atomic E-state index is 0.259. The van der Waals surface area contributed by atoms with Gasteiger partial charge in [-0.3, -0.25) is 0 Å². The second kappa shape index (κ2) is 8.56. The van der Waals surface area contributed by atoms with Crippen molar-refractivity contribution in [1.82, 2.24) is 4.90 Å². The number of esters is 1. The smallest absolute Gasteiger partial charge is 0.332 e. The number of likely N-dealkylation sites (tertiary alicyclic amines) is 1. The van der Waals surface area contributed by atoms with E-state index in [1.807, 2.05) is 36.4 Å². The lowest BCUT2D eigenvalue weighted by Gasteiger charge is -2.29. The molecule has 1 aromatic rings. The molecule has 0 unspecified atom stereocenters. The fourth-order valence-electron chi connectivity index (χ4n) is 2.85. The van der Waals surface area contributed by atoms with Gasteiger partial charge < -0.3 is 9.64 Å². The van der Waals surface area contributed by atoms with Crippen molar-refractivity contribution in [2.24, 2.45) is 11.8 Å². The molecule has 0 N–H and O–H groups in total. The zero-order valence-electron chi connectivity index (χ0n) is 14.2. The van der Waals surface area contributed by atoms with Crippen LogP contribution in [0, 0.1) is 11.8 Å². The van der Waals surface area contributed by atoms with E-state index in [1.54, 1.807) is 6.08 Å². The SMILES string of the molecule is C=C[C@H](C)[C@H](C)/C(=C\C(=O)OCc1ccccc1)N1CCCC1. The largest absolute Gasteiger partial charge is 0.458 e. The van der Waals surface area contributed by atoms with E-state index in [0.29, 0.717) is 12.5 Å². The van der Waals surface area contributed by atoms with Crippen molar-refractivity contribution in [3.63, 3.8) is 0 Å². The van der Waals surface area contributed by atoms with Crippen molar-refractivity contribution in [2.75, 3.05) is 13.1 Å². The summed E-state index contributed by atoms with van der Waals surface area (Å²) in [5.74, 6) is 0.317. The first-order chi connectivity index (χ1) is 11.1. The number of allylic oxidation sites excluding steroid dienone is 2. The third kappa shape index (κ3) is 4.98. The van der Waals surface area contributed by atoms with Gasteiger partial charge in [0, 0.05) is 30.8 Å². The average Bonchev–Trinajstić information content (AvgIpc) is 3.11. The lowest BCUT2D eigenvalue weighted by molar-refractivity contribution is -0.139. The van der Waals surface area contributed by atoms with Crippen molar-refractivity contribution >= 4 is 5.97 Å². The predicted molar refractivity (Wildman–Crippen MR) is 93.7 cm³/mol. The Hall–Kier alpha value is -2.03. The van der Waals surface area contributed by atoms with Gasteiger partial charge in [0.25, 0.3) is 0 Å². The van der Waals surface area contributed by atoms with Crippen LogP contribution in [0.25, 0.3) is 0 Å². The third-order valence-corrected chi connectivity index (χ3v) is 4.59. The molecule has 1 aliphatic heterocycles. The van der Waals surface area contributed by atoms with E-state index in [-0.39, 0.29) is 11.9 Å². The first-order valence-electron chi connectivity index (χ1n) is 8.41. The van der Waals surface area contributed by atoms with E-state index in [0.717, 1.165) is 24.4 Å². The van der Waals surface area contributed by atoms with Crippen molar-refractivity contribution in [1.29, 1.82) is 0 Å². The maximum atomic E-state index is 12.2. The molecule has 0 spiro atoms. The van der Waals surface area contributed by atoms with Crippen LogP contribution in [-0.2, 0) is 16.1 Å². The van der Waals surface area contributed by atoms with Crippen LogP contribution in [0.1, 0.15) is 32.3 Å². The van der Waals surface area contributed by atoms with Gasteiger partial charge in [-0.05, 0) is 24.3 Å². The average molecular weight is 313 g/mol. The van der Waals surface area contributed by atoms with E-state index >= 15 is 0 Å². The maximum Gasteiger partial charge on any atom is 0.332 e. The van der Waals surface area contributed by atoms with Gasteiger partial charge in [-0.2, -0.15) is 0 Å². The standard InChI is InChI=1S/C20H27NO2/c1-4-16(2)17(3)19(21-12-8-9-13-21)14-20(22)23-15-18-10-6-5-7-11-18/h4-7,10-11,14,16-17H,1,8-9,12-13,15H2,2-3H3/b19-14+/t16-,17-/m0/s1. The lowest BCUT2D eigenvalue weighted by Crippen LogP contribution is -2.27. The molecule has 3 heteroatoms. The van der Waals surface area contributed by atoms with E-state index < -0.39 is 0 Å². The number of carbonyl (C=O) groups is 1. The molecule has 2 atom stereocenters. The van der Waals surface area contributed by atoms with Crippen LogP contribution >= 0.6 is 0 Å². The van der Waals surface area contributed by atoms with Crippen LogP contribution in [0.4, 0.5) is 0 Å². The van der Waals surface area contributed by atoms with E-state index in [9.17, 15) is 4.79 Å². The molecule has 0 bridgehead atoms. The molecule has 2 rings (SSSR count). The highest BCUT2D eigenvalue weighted by molar-refractivity contribution is 5.82. The third-order valence-electron chi connectivity index (χ3n) is 4.59. The van der Waals surface area contributed by atoms with Gasteiger partial charge in [0.05, 0.1) is 0 Å². The topological polar surface area (TPSA) is 29.5 Å². The number of hydrogen-bond donors (Lipinski definition) is 0. The minimum atomic E-state index is -0.265. The van der Waals surface area contributed by atoms with Crippen molar-refractivity contribution < 1.29 is 9.53 Å². The summed E-state index contributed by atoms with van der Waals surface area (Å²) < 4.78 is 5.41. The summed E-state index contributed by atoms with van der Waals surface area (Å²) in [5.41, 5.74) is 2.08. The predicted octanol–water partition coefficient (Wildman–Crippen LogP) is 4.17. The van der Waals surface area contributed by atoms with Crippen LogP contribution in [0.5, 0.6) is 0 Å². The first-order valence-corrected chi connectivity index (χ1v) is 8.41. The summed E-state index contributed by atoms with van der Waals surface area (Å²) in [7, 11) is 0. The van der Waals surface area contributed by atoms with Gasteiger partial charge in [-0.15, -0.1) is 6.58 Å². The molecule has 0 radical (unpaired) electrons. The van der Waals surface area contributed by atoms with Crippen molar-refractivity contribution in [2.45, 2.75) is 33.3 Å². The van der Waals surface area contributed by atoms with Gasteiger partial charge in [-0.25, -0.2) is 4.79 Å². The molecule has 0 saturated carbocycles. The fraction of sp³-hybridized carbons (Fsp3) is 0.450. The fourth-order valence-corrected chi connectivity index (χ4v) is 2.85. The number of ether oxygens (including phenoxy) is 1. The molecule has 23 heavy (non-hydrogen) atoms. The van der Waals surface area contributed by atoms with E-state index in [2.05, 4.69) is 25.3 Å². The summed E-state index contributed by atoms with van der Waals surface area (Å²) in [4.78, 5) is 14.6. The molecule has 1 aliphatic rings. The normalized spacial score (nSPS) is 17.7. The van der Waals surface area contributed by atoms with Crippen LogP contribution in [0.15, 0.2) is 54.8 Å². The molecule has 0 aliphatic carbocycles. The summed E-state index contributed by atoms with van der Waals surface area (Å²) in [5, 5.41) is 0. The Labute approximate surface area is 139 Å². The lowest BCUT2D eigenvalue weighted by atomic mass is 9.92. The van der Waals surface area contributed by atoms with Gasteiger partial charge in [0.2, 0.25) is 0 Å². The molecule has 1 fully saturated rings. The summed E-state index contributed by atoms with van der Waals surface area (Å²) in [6, 6.07) is 9.77. The minimum Gasteiger partial charge on any atom is -0.458 e. The highest BCUT2D eigenvalue weighted by atomic mass is 16.5. The molecular formula is C20H27NO2. The number of carbonyl (C=O) groups excluding carboxylic acids is 1. The first kappa shape index (κ1) is 17.3. The Balaban J connectivity index is 2.05. The molecule has 124 valence electrons. The van der Waals surface area contributed by atoms with E-state index in [4.69, 9.17) is 4.74 Å². The molecule has 0 amide bonds. The number of benzene rings is 1. The van der Waals surface area contributed by atoms with Crippen LogP contribution in [0.2, 0.25) is 0 Å². The highest BCUT2D eigenvalue weighted by Gasteiger charge is 2.23. The van der Waals surface area contributed by atoms with Crippen LogP contribution < -0.4 is 0 Å². The van der Waals surface area contributed by atoms with Crippen molar-refractivity contribution in [3.8, 4) is 0 Å². The Kier molecular flexibility index (Phi) is 6.45. The molecular weight excluding hydrogens is 286 g/mol. The Morgan fingerprint density at radius 2 is 1.91 bits per heavy atom. The summed E-state index contributed by atoms with van der Waals surface area (Å²) in [6.45, 7) is 10.5. The van der Waals surface area contributed by atoms with Crippen LogP contribution in [-0.4, -0.2) is 24.0 Å². The monoisotopic (exact) mass is 313 g/mol. The van der Waals surface area contributed by atoms with Crippen LogP contribution in [0.3, 0.4) is 0 Å². The molecule has 0 aromatic heterocycles. The molecule has 1 aromatic carbocycles. The molecule has 1 heterocycles. The van der Waals surface area contributed by atoms with Crippen molar-refractivity contribution in [3.05, 3.63) is 60.3 Å². The second-order valence-electron chi connectivity index (χ2n) is 6.24. The molecule has 3 nitrogen and oxygen atoms in total.